The highest BCUT2D eigenvalue weighted by atomic mass is 16.1. The first-order chi connectivity index (χ1) is 5.63. The van der Waals surface area contributed by atoms with Crippen molar-refractivity contribution in [2.45, 2.75) is 19.8 Å². The van der Waals surface area contributed by atoms with Crippen LogP contribution in [0.2, 0.25) is 0 Å². The number of hydrogen-bond acceptors (Lipinski definition) is 2. The van der Waals surface area contributed by atoms with Crippen LogP contribution in [0.3, 0.4) is 0 Å². The summed E-state index contributed by atoms with van der Waals surface area (Å²) < 4.78 is 0. The number of unbranched alkanes of at least 4 members (excludes halogenated alkanes) is 1. The van der Waals surface area contributed by atoms with Gasteiger partial charge in [0.1, 0.15) is 0 Å². The van der Waals surface area contributed by atoms with Crippen LogP contribution < -0.4 is 5.73 Å². The van der Waals surface area contributed by atoms with Gasteiger partial charge in [0.25, 0.3) is 5.91 Å². The standard InChI is InChI=1S/C8H15N3O/c1-3-5-6-11(4-2)7(9)8(10)12/h4,9H,2-3,5-6H2,1H3,(H2,10,12). The van der Waals surface area contributed by atoms with Gasteiger partial charge in [0.15, 0.2) is 5.84 Å². The second-order valence-electron chi connectivity index (χ2n) is 2.44. The number of carbonyl (C=O) groups excluding carboxylic acids is 1. The van der Waals surface area contributed by atoms with E-state index >= 15 is 0 Å². The summed E-state index contributed by atoms with van der Waals surface area (Å²) in [6.45, 7) is 6.16. The van der Waals surface area contributed by atoms with Crippen LogP contribution in [0.15, 0.2) is 12.8 Å². The zero-order chi connectivity index (χ0) is 9.56. The van der Waals surface area contributed by atoms with E-state index in [4.69, 9.17) is 11.1 Å². The molecule has 0 aliphatic carbocycles. The number of nitrogens with one attached hydrogen (secondary N) is 1. The predicted octanol–water partition coefficient (Wildman–Crippen LogP) is 0.695. The average Bonchev–Trinajstić information content (AvgIpc) is 2.05. The quantitative estimate of drug-likeness (QED) is 0.480. The van der Waals surface area contributed by atoms with Crippen molar-refractivity contribution in [3.05, 3.63) is 12.8 Å². The summed E-state index contributed by atoms with van der Waals surface area (Å²) in [5.41, 5.74) is 4.93. The third kappa shape index (κ3) is 3.18. The number of primary amides is 1. The molecule has 0 unspecified atom stereocenters. The Kier molecular flexibility index (Phi) is 4.76. The maximum Gasteiger partial charge on any atom is 0.284 e. The summed E-state index contributed by atoms with van der Waals surface area (Å²) in [6, 6.07) is 0. The summed E-state index contributed by atoms with van der Waals surface area (Å²) in [5, 5.41) is 7.26. The van der Waals surface area contributed by atoms with Crippen molar-refractivity contribution in [1.82, 2.24) is 4.90 Å². The normalized spacial score (nSPS) is 9.08. The molecule has 12 heavy (non-hydrogen) atoms. The first kappa shape index (κ1) is 10.7. The average molecular weight is 169 g/mol. The Morgan fingerprint density at radius 1 is 1.75 bits per heavy atom. The molecule has 0 aliphatic rings. The first-order valence-corrected chi connectivity index (χ1v) is 3.91. The lowest BCUT2D eigenvalue weighted by molar-refractivity contribution is -0.112. The number of nitrogens with zero attached hydrogens (tertiary/aromatic N) is 1. The molecular formula is C8H15N3O. The van der Waals surface area contributed by atoms with Gasteiger partial charge in [0.05, 0.1) is 0 Å². The third-order valence-electron chi connectivity index (χ3n) is 1.49. The molecule has 68 valence electrons. The summed E-state index contributed by atoms with van der Waals surface area (Å²) in [7, 11) is 0. The van der Waals surface area contributed by atoms with E-state index in [0.717, 1.165) is 12.8 Å². The fourth-order valence-corrected chi connectivity index (χ4v) is 0.764. The molecule has 0 saturated heterocycles. The molecule has 4 nitrogen and oxygen atoms in total. The number of rotatable bonds is 4. The van der Waals surface area contributed by atoms with Crippen molar-refractivity contribution in [3.8, 4) is 0 Å². The summed E-state index contributed by atoms with van der Waals surface area (Å²) in [5.74, 6) is -0.913. The van der Waals surface area contributed by atoms with E-state index < -0.39 is 5.91 Å². The third-order valence-corrected chi connectivity index (χ3v) is 1.49. The van der Waals surface area contributed by atoms with Gasteiger partial charge < -0.3 is 10.6 Å². The molecule has 0 aromatic carbocycles. The van der Waals surface area contributed by atoms with Gasteiger partial charge in [-0.2, -0.15) is 0 Å². The Hall–Kier alpha value is -1.32. The zero-order valence-corrected chi connectivity index (χ0v) is 7.34. The largest absolute Gasteiger partial charge is 0.363 e. The van der Waals surface area contributed by atoms with Crippen molar-refractivity contribution in [3.63, 3.8) is 0 Å². The zero-order valence-electron chi connectivity index (χ0n) is 7.34. The van der Waals surface area contributed by atoms with Gasteiger partial charge >= 0.3 is 0 Å². The van der Waals surface area contributed by atoms with Gasteiger partial charge in [-0.15, -0.1) is 0 Å². The van der Waals surface area contributed by atoms with Crippen molar-refractivity contribution >= 4 is 11.7 Å². The van der Waals surface area contributed by atoms with Gasteiger partial charge in [0.2, 0.25) is 0 Å². The van der Waals surface area contributed by atoms with E-state index in [1.807, 2.05) is 6.92 Å². The van der Waals surface area contributed by atoms with Crippen molar-refractivity contribution < 1.29 is 4.79 Å². The van der Waals surface area contributed by atoms with Crippen LogP contribution >= 0.6 is 0 Å². The number of amidine groups is 1. The van der Waals surface area contributed by atoms with Crippen molar-refractivity contribution in [2.24, 2.45) is 5.73 Å². The molecule has 1 amide bonds. The second-order valence-corrected chi connectivity index (χ2v) is 2.44. The van der Waals surface area contributed by atoms with Gasteiger partial charge in [-0.1, -0.05) is 19.9 Å². The van der Waals surface area contributed by atoms with E-state index in [-0.39, 0.29) is 5.84 Å². The Morgan fingerprint density at radius 2 is 2.33 bits per heavy atom. The van der Waals surface area contributed by atoms with Crippen LogP contribution in [0.5, 0.6) is 0 Å². The Labute approximate surface area is 72.6 Å². The highest BCUT2D eigenvalue weighted by Gasteiger charge is 2.10. The van der Waals surface area contributed by atoms with Crippen LogP contribution in [-0.2, 0) is 4.79 Å². The summed E-state index contributed by atoms with van der Waals surface area (Å²) in [6.07, 6.45) is 3.38. The van der Waals surface area contributed by atoms with Gasteiger partial charge in [-0.25, -0.2) is 0 Å². The Bertz CT molecular complexity index is 189. The number of amides is 1. The number of nitrogens with two attached hydrogens (primary N) is 1. The minimum atomic E-state index is -0.717. The van der Waals surface area contributed by atoms with Crippen LogP contribution in [0.25, 0.3) is 0 Å². The summed E-state index contributed by atoms with van der Waals surface area (Å²) >= 11 is 0. The first-order valence-electron chi connectivity index (χ1n) is 3.91. The van der Waals surface area contributed by atoms with Gasteiger partial charge in [0, 0.05) is 6.54 Å². The van der Waals surface area contributed by atoms with Gasteiger partial charge in [-0.3, -0.25) is 10.2 Å². The molecule has 4 heteroatoms. The number of hydrogen-bond donors (Lipinski definition) is 2. The topological polar surface area (TPSA) is 70.2 Å². The molecule has 0 rings (SSSR count). The molecule has 3 N–H and O–H groups in total. The molecule has 0 spiro atoms. The van der Waals surface area contributed by atoms with E-state index in [0.29, 0.717) is 6.54 Å². The minimum absolute atomic E-state index is 0.196. The molecule has 0 radical (unpaired) electrons. The molecule has 0 saturated carbocycles. The van der Waals surface area contributed by atoms with E-state index in [1.54, 1.807) is 0 Å². The van der Waals surface area contributed by atoms with Crippen LogP contribution in [-0.4, -0.2) is 23.2 Å². The smallest absolute Gasteiger partial charge is 0.284 e. The summed E-state index contributed by atoms with van der Waals surface area (Å²) in [4.78, 5) is 12.0. The Balaban J connectivity index is 4.05. The van der Waals surface area contributed by atoms with E-state index in [1.165, 1.54) is 11.1 Å². The molecule has 0 heterocycles. The highest BCUT2D eigenvalue weighted by Crippen LogP contribution is 1.95. The fraction of sp³-hybridized carbons (Fsp3) is 0.500. The molecule has 0 atom stereocenters. The second kappa shape index (κ2) is 5.35. The SMILES string of the molecule is C=CN(CCCC)C(=N)C(N)=O. The molecule has 0 aromatic heterocycles. The highest BCUT2D eigenvalue weighted by molar-refractivity contribution is 6.35. The fourth-order valence-electron chi connectivity index (χ4n) is 0.764. The predicted molar refractivity (Wildman–Crippen MR) is 48.7 cm³/mol. The molecule has 0 fully saturated rings. The van der Waals surface area contributed by atoms with Crippen LogP contribution in [0.1, 0.15) is 19.8 Å². The van der Waals surface area contributed by atoms with Crippen molar-refractivity contribution in [2.75, 3.05) is 6.54 Å². The Morgan fingerprint density at radius 3 is 2.67 bits per heavy atom. The van der Waals surface area contributed by atoms with E-state index in [9.17, 15) is 4.79 Å². The van der Waals surface area contributed by atoms with Crippen LogP contribution in [0.4, 0.5) is 0 Å². The lowest BCUT2D eigenvalue weighted by Crippen LogP contribution is -2.36. The maximum atomic E-state index is 10.6. The molecular weight excluding hydrogens is 154 g/mol. The minimum Gasteiger partial charge on any atom is -0.363 e. The molecule has 0 aliphatic heterocycles. The molecule has 0 aromatic rings. The van der Waals surface area contributed by atoms with Gasteiger partial charge in [-0.05, 0) is 12.6 Å². The monoisotopic (exact) mass is 169 g/mol. The van der Waals surface area contributed by atoms with Crippen molar-refractivity contribution in [1.29, 1.82) is 5.41 Å². The lowest BCUT2D eigenvalue weighted by atomic mass is 10.3. The lowest BCUT2D eigenvalue weighted by Gasteiger charge is -2.17. The molecule has 0 bridgehead atoms. The van der Waals surface area contributed by atoms with Crippen LogP contribution in [0, 0.1) is 5.41 Å². The number of carbonyl (C=O) groups is 1. The van der Waals surface area contributed by atoms with E-state index in [2.05, 4.69) is 6.58 Å². The maximum absolute atomic E-state index is 10.6.